The number of aliphatic hydroxyl groups excluding tert-OH is 1. The van der Waals surface area contributed by atoms with Crippen molar-refractivity contribution in [3.8, 4) is 5.75 Å². The summed E-state index contributed by atoms with van der Waals surface area (Å²) in [5, 5.41) is 12.1. The number of methoxy groups -OCH3 is 1. The molecule has 0 aliphatic heterocycles. The molecule has 0 heterocycles. The predicted octanol–water partition coefficient (Wildman–Crippen LogP) is 1.21. The zero-order valence-electron chi connectivity index (χ0n) is 11.4. The second kappa shape index (κ2) is 8.50. The average Bonchev–Trinajstić information content (AvgIpc) is 2.45. The highest BCUT2D eigenvalue weighted by Crippen LogP contribution is 2.13. The first kappa shape index (κ1) is 15.5. The van der Waals surface area contributed by atoms with Crippen LogP contribution >= 0.6 is 0 Å². The van der Waals surface area contributed by atoms with Crippen LogP contribution in [0.25, 0.3) is 0 Å². The molecule has 0 spiro atoms. The van der Waals surface area contributed by atoms with Crippen molar-refractivity contribution < 1.29 is 19.4 Å². The van der Waals surface area contributed by atoms with Gasteiger partial charge in [0.2, 0.25) is 0 Å². The molecule has 0 radical (unpaired) electrons. The van der Waals surface area contributed by atoms with Gasteiger partial charge in [0.25, 0.3) is 5.91 Å². The van der Waals surface area contributed by atoms with E-state index in [9.17, 15) is 9.90 Å². The molecule has 2 N–H and O–H groups in total. The Bertz CT molecular complexity index is 395. The summed E-state index contributed by atoms with van der Waals surface area (Å²) in [6.45, 7) is 3.06. The Labute approximate surface area is 113 Å². The molecule has 5 heteroatoms. The lowest BCUT2D eigenvalue weighted by Crippen LogP contribution is -2.31. The lowest BCUT2D eigenvalue weighted by molar-refractivity contribution is 0.0913. The van der Waals surface area contributed by atoms with Gasteiger partial charge >= 0.3 is 0 Å². The maximum atomic E-state index is 11.8. The maximum absolute atomic E-state index is 11.8. The topological polar surface area (TPSA) is 67.8 Å². The van der Waals surface area contributed by atoms with E-state index in [-0.39, 0.29) is 12.5 Å². The number of nitrogens with one attached hydrogen (secondary N) is 1. The molecule has 1 rings (SSSR count). The van der Waals surface area contributed by atoms with Crippen LogP contribution in [0.4, 0.5) is 0 Å². The van der Waals surface area contributed by atoms with Gasteiger partial charge in [0.05, 0.1) is 12.7 Å². The van der Waals surface area contributed by atoms with Gasteiger partial charge in [0.15, 0.2) is 0 Å². The molecule has 19 heavy (non-hydrogen) atoms. The van der Waals surface area contributed by atoms with Crippen LogP contribution in [0.3, 0.4) is 0 Å². The van der Waals surface area contributed by atoms with Crippen molar-refractivity contribution in [3.63, 3.8) is 0 Å². The van der Waals surface area contributed by atoms with Crippen LogP contribution in [-0.4, -0.2) is 44.0 Å². The van der Waals surface area contributed by atoms with E-state index in [0.29, 0.717) is 30.9 Å². The molecule has 1 aromatic carbocycles. The minimum Gasteiger partial charge on any atom is -0.491 e. The summed E-state index contributed by atoms with van der Waals surface area (Å²) in [6.07, 6.45) is 0.102. The lowest BCUT2D eigenvalue weighted by Gasteiger charge is -2.10. The van der Waals surface area contributed by atoms with Crippen LogP contribution in [0.1, 0.15) is 23.7 Å². The number of carbonyl (C=O) groups excluding carboxylic acids is 1. The van der Waals surface area contributed by atoms with Crippen LogP contribution in [0, 0.1) is 0 Å². The van der Waals surface area contributed by atoms with Crippen LogP contribution < -0.4 is 10.1 Å². The van der Waals surface area contributed by atoms with Crippen LogP contribution in [0.5, 0.6) is 5.75 Å². The van der Waals surface area contributed by atoms with Gasteiger partial charge in [0.1, 0.15) is 12.4 Å². The van der Waals surface area contributed by atoms with E-state index in [1.165, 1.54) is 0 Å². The number of aliphatic hydroxyl groups is 1. The third kappa shape index (κ3) is 5.72. The van der Waals surface area contributed by atoms with Gasteiger partial charge in [-0.3, -0.25) is 4.79 Å². The van der Waals surface area contributed by atoms with E-state index in [1.807, 2.05) is 6.92 Å². The Morgan fingerprint density at radius 2 is 2.21 bits per heavy atom. The quantitative estimate of drug-likeness (QED) is 0.695. The monoisotopic (exact) mass is 267 g/mol. The van der Waals surface area contributed by atoms with Crippen LogP contribution in [0.15, 0.2) is 24.3 Å². The number of amides is 1. The zero-order valence-corrected chi connectivity index (χ0v) is 11.4. The molecule has 0 aromatic heterocycles. The fourth-order valence-electron chi connectivity index (χ4n) is 1.43. The molecule has 5 nitrogen and oxygen atoms in total. The number of rotatable bonds is 8. The van der Waals surface area contributed by atoms with Gasteiger partial charge in [-0.25, -0.2) is 0 Å². The Hall–Kier alpha value is -1.59. The first-order chi connectivity index (χ1) is 9.17. The second-order valence-corrected chi connectivity index (χ2v) is 4.14. The summed E-state index contributed by atoms with van der Waals surface area (Å²) in [5.41, 5.74) is 0.512. The van der Waals surface area contributed by atoms with Gasteiger partial charge in [-0.05, 0) is 24.6 Å². The second-order valence-electron chi connectivity index (χ2n) is 4.14. The summed E-state index contributed by atoms with van der Waals surface area (Å²) in [5.74, 6) is 0.408. The molecule has 1 aromatic rings. The SMILES string of the molecule is CCC(O)CNC(=O)c1cccc(OCCOC)c1. The molecule has 0 fully saturated rings. The Morgan fingerprint density at radius 3 is 2.89 bits per heavy atom. The van der Waals surface area contributed by atoms with Crippen molar-refractivity contribution in [2.45, 2.75) is 19.4 Å². The smallest absolute Gasteiger partial charge is 0.251 e. The summed E-state index contributed by atoms with van der Waals surface area (Å²) in [4.78, 5) is 11.8. The molecule has 1 unspecified atom stereocenters. The normalized spacial score (nSPS) is 11.9. The third-order valence-electron chi connectivity index (χ3n) is 2.62. The zero-order chi connectivity index (χ0) is 14.1. The van der Waals surface area contributed by atoms with Crippen molar-refractivity contribution in [1.29, 1.82) is 0 Å². The summed E-state index contributed by atoms with van der Waals surface area (Å²) < 4.78 is 10.3. The highest BCUT2D eigenvalue weighted by Gasteiger charge is 2.08. The molecule has 1 atom stereocenters. The lowest BCUT2D eigenvalue weighted by atomic mass is 10.2. The highest BCUT2D eigenvalue weighted by atomic mass is 16.5. The molecule has 0 saturated heterocycles. The first-order valence-electron chi connectivity index (χ1n) is 6.35. The number of ether oxygens (including phenoxy) is 2. The van der Waals surface area contributed by atoms with Crippen molar-refractivity contribution in [1.82, 2.24) is 5.32 Å². The van der Waals surface area contributed by atoms with E-state index < -0.39 is 6.10 Å². The van der Waals surface area contributed by atoms with E-state index >= 15 is 0 Å². The third-order valence-corrected chi connectivity index (χ3v) is 2.62. The van der Waals surface area contributed by atoms with Gasteiger partial charge in [-0.1, -0.05) is 13.0 Å². The molecule has 0 bridgehead atoms. The van der Waals surface area contributed by atoms with Crippen molar-refractivity contribution in [3.05, 3.63) is 29.8 Å². The largest absolute Gasteiger partial charge is 0.491 e. The molecular weight excluding hydrogens is 246 g/mol. The van der Waals surface area contributed by atoms with Gasteiger partial charge in [-0.2, -0.15) is 0 Å². The average molecular weight is 267 g/mol. The van der Waals surface area contributed by atoms with Gasteiger partial charge in [0, 0.05) is 19.2 Å². The number of carbonyl (C=O) groups is 1. The van der Waals surface area contributed by atoms with Crippen molar-refractivity contribution >= 4 is 5.91 Å². The molecular formula is C14H21NO4. The molecule has 1 amide bonds. The van der Waals surface area contributed by atoms with Gasteiger partial charge < -0.3 is 19.9 Å². The molecule has 0 aliphatic carbocycles. The molecule has 0 saturated carbocycles. The van der Waals surface area contributed by atoms with Crippen molar-refractivity contribution in [2.24, 2.45) is 0 Å². The van der Waals surface area contributed by atoms with Crippen LogP contribution in [-0.2, 0) is 4.74 Å². The summed E-state index contributed by atoms with van der Waals surface area (Å²) >= 11 is 0. The van der Waals surface area contributed by atoms with E-state index in [1.54, 1.807) is 31.4 Å². The number of hydrogen-bond donors (Lipinski definition) is 2. The maximum Gasteiger partial charge on any atom is 0.251 e. The minimum atomic E-state index is -0.509. The fraction of sp³-hybridized carbons (Fsp3) is 0.500. The Balaban J connectivity index is 2.52. The molecule has 0 aliphatic rings. The molecule has 106 valence electrons. The van der Waals surface area contributed by atoms with Gasteiger partial charge in [-0.15, -0.1) is 0 Å². The minimum absolute atomic E-state index is 0.218. The predicted molar refractivity (Wildman–Crippen MR) is 72.4 cm³/mol. The number of hydrogen-bond acceptors (Lipinski definition) is 4. The van der Waals surface area contributed by atoms with E-state index in [4.69, 9.17) is 9.47 Å². The summed E-state index contributed by atoms with van der Waals surface area (Å²) in [6, 6.07) is 6.92. The first-order valence-corrected chi connectivity index (χ1v) is 6.35. The van der Waals surface area contributed by atoms with Crippen molar-refractivity contribution in [2.75, 3.05) is 26.9 Å². The fourth-order valence-corrected chi connectivity index (χ4v) is 1.43. The van der Waals surface area contributed by atoms with E-state index in [0.717, 1.165) is 0 Å². The summed E-state index contributed by atoms with van der Waals surface area (Å²) in [7, 11) is 1.60. The van der Waals surface area contributed by atoms with Crippen LogP contribution in [0.2, 0.25) is 0 Å². The Morgan fingerprint density at radius 1 is 1.42 bits per heavy atom. The highest BCUT2D eigenvalue weighted by molar-refractivity contribution is 5.94. The Kier molecular flexibility index (Phi) is 6.92. The standard InChI is InChI=1S/C14H21NO4/c1-3-12(16)10-15-14(17)11-5-4-6-13(9-11)19-8-7-18-2/h4-6,9,12,16H,3,7-8,10H2,1-2H3,(H,15,17). The number of benzene rings is 1. The van der Waals surface area contributed by atoms with E-state index in [2.05, 4.69) is 5.32 Å².